The second-order valence-electron chi connectivity index (χ2n) is 14.4. The summed E-state index contributed by atoms with van der Waals surface area (Å²) in [5, 5.41) is 7.30. The SMILES string of the molecule is CC(=O)[C@@H](OC(C)(C)C)c1c(C)cc2nc(-c3cc(-c4ccc5c(c4)c(C)nn5C)nc(N4CCN(C)CC4)c3)sc2c1-c1ccc(Cl)cc1. The number of hydrogen-bond acceptors (Lipinski definition) is 8. The summed E-state index contributed by atoms with van der Waals surface area (Å²) >= 11 is 8.00. The Morgan fingerprint density at radius 1 is 0.900 bits per heavy atom. The number of benzene rings is 3. The van der Waals surface area contributed by atoms with Crippen LogP contribution in [0.15, 0.2) is 60.7 Å². The molecular formula is C40H43ClN6O2S. The van der Waals surface area contributed by atoms with Crippen molar-refractivity contribution in [3.8, 4) is 33.0 Å². The molecule has 3 aromatic heterocycles. The van der Waals surface area contributed by atoms with Crippen molar-refractivity contribution >= 4 is 55.7 Å². The number of Topliss-reactive ketones (excluding diaryl/α,β-unsaturated/α-hetero) is 1. The van der Waals surface area contributed by atoms with Gasteiger partial charge in [0.15, 0.2) is 5.78 Å². The fraction of sp³-hybridized carbons (Fsp3) is 0.350. The number of anilines is 1. The lowest BCUT2D eigenvalue weighted by Gasteiger charge is -2.33. The van der Waals surface area contributed by atoms with Crippen molar-refractivity contribution in [3.63, 3.8) is 0 Å². The number of pyridine rings is 1. The first-order valence-electron chi connectivity index (χ1n) is 17.0. The maximum Gasteiger partial charge on any atom is 0.163 e. The van der Waals surface area contributed by atoms with Gasteiger partial charge < -0.3 is 14.5 Å². The van der Waals surface area contributed by atoms with E-state index in [-0.39, 0.29) is 5.78 Å². The molecule has 0 unspecified atom stereocenters. The molecule has 1 atom stereocenters. The van der Waals surface area contributed by atoms with Gasteiger partial charge in [0.2, 0.25) is 0 Å². The molecule has 6 aromatic rings. The van der Waals surface area contributed by atoms with Gasteiger partial charge in [0, 0.05) is 65.9 Å². The van der Waals surface area contributed by atoms with Crippen LogP contribution in [0.25, 0.3) is 54.1 Å². The Balaban J connectivity index is 1.44. The van der Waals surface area contributed by atoms with E-state index in [0.29, 0.717) is 5.02 Å². The highest BCUT2D eigenvalue weighted by Crippen LogP contribution is 2.45. The van der Waals surface area contributed by atoms with Crippen molar-refractivity contribution in [1.29, 1.82) is 0 Å². The molecule has 4 heterocycles. The predicted molar refractivity (Wildman–Crippen MR) is 206 cm³/mol. The molecule has 50 heavy (non-hydrogen) atoms. The summed E-state index contributed by atoms with van der Waals surface area (Å²) in [5.41, 5.74) is 9.11. The molecule has 1 fully saturated rings. The van der Waals surface area contributed by atoms with E-state index in [2.05, 4.69) is 58.3 Å². The zero-order valence-electron chi connectivity index (χ0n) is 30.0. The average molecular weight is 707 g/mol. The fourth-order valence-corrected chi connectivity index (χ4v) is 8.10. The number of ketones is 1. The van der Waals surface area contributed by atoms with Gasteiger partial charge in [0.25, 0.3) is 0 Å². The first-order valence-corrected chi connectivity index (χ1v) is 18.2. The molecule has 1 aliphatic rings. The summed E-state index contributed by atoms with van der Waals surface area (Å²) in [7, 11) is 4.14. The van der Waals surface area contributed by atoms with Crippen LogP contribution >= 0.6 is 22.9 Å². The number of aryl methyl sites for hydroxylation is 3. The molecule has 7 rings (SSSR count). The summed E-state index contributed by atoms with van der Waals surface area (Å²) in [6, 6.07) is 20.7. The molecule has 0 radical (unpaired) electrons. The Morgan fingerprint density at radius 3 is 2.28 bits per heavy atom. The monoisotopic (exact) mass is 706 g/mol. The minimum Gasteiger partial charge on any atom is -0.360 e. The normalized spacial score (nSPS) is 14.9. The number of rotatable bonds is 7. The Kier molecular flexibility index (Phi) is 9.05. The van der Waals surface area contributed by atoms with Crippen molar-refractivity contribution in [1.82, 2.24) is 24.6 Å². The Labute approximate surface area is 302 Å². The van der Waals surface area contributed by atoms with Crippen LogP contribution in [0.1, 0.15) is 50.6 Å². The Morgan fingerprint density at radius 2 is 1.60 bits per heavy atom. The molecule has 10 heteroatoms. The number of halogens is 1. The lowest BCUT2D eigenvalue weighted by atomic mass is 9.90. The molecule has 1 aliphatic heterocycles. The number of likely N-dealkylation sites (N-methyl/N-ethyl adjacent to an activating group) is 1. The van der Waals surface area contributed by atoms with Gasteiger partial charge >= 0.3 is 0 Å². The number of piperazine rings is 1. The van der Waals surface area contributed by atoms with E-state index in [0.717, 1.165) is 103 Å². The number of hydrogen-bond donors (Lipinski definition) is 0. The van der Waals surface area contributed by atoms with Crippen molar-refractivity contribution in [2.45, 2.75) is 53.2 Å². The van der Waals surface area contributed by atoms with Crippen LogP contribution < -0.4 is 4.90 Å². The van der Waals surface area contributed by atoms with Crippen LogP contribution in [0, 0.1) is 13.8 Å². The minimum atomic E-state index is -0.738. The summed E-state index contributed by atoms with van der Waals surface area (Å²) in [5.74, 6) is 0.900. The third-order valence-corrected chi connectivity index (χ3v) is 10.8. The van der Waals surface area contributed by atoms with E-state index in [1.54, 1.807) is 18.3 Å². The third-order valence-electron chi connectivity index (χ3n) is 9.38. The van der Waals surface area contributed by atoms with E-state index in [9.17, 15) is 4.79 Å². The van der Waals surface area contributed by atoms with E-state index in [1.807, 2.05) is 70.6 Å². The molecule has 0 amide bonds. The summed E-state index contributed by atoms with van der Waals surface area (Å²) in [6.07, 6.45) is -0.738. The Hall–Kier alpha value is -4.15. The van der Waals surface area contributed by atoms with Gasteiger partial charge in [-0.25, -0.2) is 9.97 Å². The van der Waals surface area contributed by atoms with Gasteiger partial charge in [-0.05, 0) is 102 Å². The third kappa shape index (κ3) is 6.67. The number of thiazole rings is 1. The first-order chi connectivity index (χ1) is 23.8. The average Bonchev–Trinajstić information content (AvgIpc) is 3.62. The number of aromatic nitrogens is 4. The zero-order valence-corrected chi connectivity index (χ0v) is 31.5. The first kappa shape index (κ1) is 34.3. The second kappa shape index (κ2) is 13.2. The second-order valence-corrected chi connectivity index (χ2v) is 15.8. The number of fused-ring (bicyclic) bond motifs is 2. The van der Waals surface area contributed by atoms with Crippen LogP contribution in [0.4, 0.5) is 5.82 Å². The molecular weight excluding hydrogens is 664 g/mol. The number of nitrogens with zero attached hydrogens (tertiary/aromatic N) is 6. The van der Waals surface area contributed by atoms with Gasteiger partial charge in [-0.2, -0.15) is 5.10 Å². The maximum atomic E-state index is 13.3. The smallest absolute Gasteiger partial charge is 0.163 e. The van der Waals surface area contributed by atoms with Crippen LogP contribution in [-0.2, 0) is 16.6 Å². The largest absolute Gasteiger partial charge is 0.360 e. The molecule has 1 saturated heterocycles. The van der Waals surface area contributed by atoms with Gasteiger partial charge in [-0.15, -0.1) is 11.3 Å². The quantitative estimate of drug-likeness (QED) is 0.164. The van der Waals surface area contributed by atoms with Gasteiger partial charge in [0.05, 0.1) is 32.7 Å². The fourth-order valence-electron chi connectivity index (χ4n) is 6.86. The number of carbonyl (C=O) groups is 1. The molecule has 3 aromatic carbocycles. The lowest BCUT2D eigenvalue weighted by Crippen LogP contribution is -2.44. The number of ether oxygens (including phenoxy) is 1. The van der Waals surface area contributed by atoms with Gasteiger partial charge in [0.1, 0.15) is 16.9 Å². The molecule has 0 bridgehead atoms. The van der Waals surface area contributed by atoms with Crippen molar-refractivity contribution in [3.05, 3.63) is 82.5 Å². The number of carbonyl (C=O) groups excluding carboxylic acids is 1. The molecule has 258 valence electrons. The highest BCUT2D eigenvalue weighted by molar-refractivity contribution is 7.22. The minimum absolute atomic E-state index is 0.0428. The molecule has 8 nitrogen and oxygen atoms in total. The summed E-state index contributed by atoms with van der Waals surface area (Å²) in [6.45, 7) is 15.4. The van der Waals surface area contributed by atoms with E-state index in [1.165, 1.54) is 0 Å². The van der Waals surface area contributed by atoms with Crippen molar-refractivity contribution in [2.75, 3.05) is 38.1 Å². The highest BCUT2D eigenvalue weighted by Gasteiger charge is 2.31. The van der Waals surface area contributed by atoms with Crippen molar-refractivity contribution in [2.24, 2.45) is 7.05 Å². The van der Waals surface area contributed by atoms with Crippen LogP contribution in [0.5, 0.6) is 0 Å². The molecule has 0 spiro atoms. The Bertz CT molecular complexity index is 2240. The predicted octanol–water partition coefficient (Wildman–Crippen LogP) is 9.05. The van der Waals surface area contributed by atoms with Gasteiger partial charge in [-0.3, -0.25) is 9.48 Å². The lowest BCUT2D eigenvalue weighted by molar-refractivity contribution is -0.138. The maximum absolute atomic E-state index is 13.3. The van der Waals surface area contributed by atoms with E-state index >= 15 is 0 Å². The van der Waals surface area contributed by atoms with E-state index in [4.69, 9.17) is 26.3 Å². The summed E-state index contributed by atoms with van der Waals surface area (Å²) < 4.78 is 9.40. The van der Waals surface area contributed by atoms with Gasteiger partial charge in [-0.1, -0.05) is 29.8 Å². The van der Waals surface area contributed by atoms with Crippen molar-refractivity contribution < 1.29 is 9.53 Å². The van der Waals surface area contributed by atoms with Crippen LogP contribution in [-0.4, -0.2) is 69.3 Å². The molecule has 0 N–H and O–H groups in total. The topological polar surface area (TPSA) is 76.4 Å². The van der Waals surface area contributed by atoms with E-state index < -0.39 is 11.7 Å². The van der Waals surface area contributed by atoms with Crippen LogP contribution in [0.2, 0.25) is 5.02 Å². The zero-order chi connectivity index (χ0) is 35.5. The standard InChI is InChI=1S/C40H43ClN6O2S/c1-23-19-32-38(36(26-9-12-29(41)13-10-26)35(23)37(25(3)48)49-40(4,5)6)50-39(43-32)28-21-31(42-34(22-28)47-17-15-45(7)16-18-47)27-11-14-33-30(20-27)24(2)44-46(33)8/h9-14,19-22,37H,15-18H2,1-8H3/t37-/m1/s1. The molecule has 0 aliphatic carbocycles. The molecule has 0 saturated carbocycles. The summed E-state index contributed by atoms with van der Waals surface area (Å²) in [4.78, 5) is 28.5. The van der Waals surface area contributed by atoms with Crippen LogP contribution in [0.3, 0.4) is 0 Å². The highest BCUT2D eigenvalue weighted by atomic mass is 35.5.